The monoisotopic (exact) mass is 363 g/mol. The summed E-state index contributed by atoms with van der Waals surface area (Å²) in [5, 5.41) is 0. The molecule has 19 heavy (non-hydrogen) atoms. The van der Waals surface area contributed by atoms with E-state index in [-0.39, 0.29) is 41.1 Å². The molecule has 0 unspecified atom stereocenters. The van der Waals surface area contributed by atoms with Crippen molar-refractivity contribution in [2.45, 2.75) is 0 Å². The quantitative estimate of drug-likeness (QED) is 0.396. The van der Waals surface area contributed by atoms with Gasteiger partial charge in [0.25, 0.3) is 0 Å². The molecular weight excluding hydrogens is 337 g/mol. The minimum atomic E-state index is 0. The van der Waals surface area contributed by atoms with E-state index in [1.165, 1.54) is 0 Å². The van der Waals surface area contributed by atoms with Gasteiger partial charge in [0.1, 0.15) is 0 Å². The average molecular weight is 363 g/mol. The molecular formula is C12H26CrO3P3+3. The van der Waals surface area contributed by atoms with Crippen molar-refractivity contribution in [1.29, 1.82) is 0 Å². The second-order valence-electron chi connectivity index (χ2n) is 4.37. The fourth-order valence-electron chi connectivity index (χ4n) is 1.05. The van der Waals surface area contributed by atoms with E-state index in [1.54, 1.807) is 24.6 Å². The molecule has 0 spiro atoms. The molecule has 0 saturated heterocycles. The summed E-state index contributed by atoms with van der Waals surface area (Å²) in [4.78, 5) is 0. The summed E-state index contributed by atoms with van der Waals surface area (Å²) >= 11 is 0. The number of rotatable bonds is 6. The Morgan fingerprint density at radius 3 is 0.947 bits per heavy atom. The van der Waals surface area contributed by atoms with Gasteiger partial charge in [-0.1, -0.05) is 0 Å². The van der Waals surface area contributed by atoms with Crippen LogP contribution in [0.5, 0.6) is 0 Å². The van der Waals surface area contributed by atoms with Crippen molar-refractivity contribution in [3.05, 3.63) is 20.0 Å². The van der Waals surface area contributed by atoms with E-state index in [4.69, 9.17) is 14.0 Å². The van der Waals surface area contributed by atoms with Gasteiger partial charge in [0, 0.05) is 58.6 Å². The first-order chi connectivity index (χ1) is 8.52. The maximum absolute atomic E-state index is 7.50. The van der Waals surface area contributed by atoms with E-state index < -0.39 is 0 Å². The van der Waals surface area contributed by atoms with E-state index in [9.17, 15) is 0 Å². The van der Waals surface area contributed by atoms with Crippen molar-refractivity contribution in [2.24, 2.45) is 0 Å². The normalized spacial score (nSPS) is 7.89. The molecule has 0 atom stereocenters. The zero-order valence-electron chi connectivity index (χ0n) is 12.5. The Balaban J connectivity index is -0.0000000816. The zero-order valence-corrected chi connectivity index (χ0v) is 16.7. The molecule has 0 aromatic rings. The van der Waals surface area contributed by atoms with Crippen LogP contribution in [-0.2, 0) is 31.3 Å². The molecule has 0 radical (unpaired) electrons. The minimum absolute atomic E-state index is 0. The maximum atomic E-state index is 7.50. The first-order valence-electron chi connectivity index (χ1n) is 5.53. The molecule has 0 amide bonds. The molecule has 110 valence electrons. The Morgan fingerprint density at radius 2 is 0.789 bits per heavy atom. The summed E-state index contributed by atoms with van der Waals surface area (Å²) in [6, 6.07) is 0. The second kappa shape index (κ2) is 31.4. The van der Waals surface area contributed by atoms with E-state index in [1.807, 2.05) is 0 Å². The van der Waals surface area contributed by atoms with E-state index >= 15 is 0 Å². The van der Waals surface area contributed by atoms with Crippen LogP contribution in [-0.4, -0.2) is 58.0 Å². The molecule has 0 aliphatic heterocycles. The summed E-state index contributed by atoms with van der Waals surface area (Å²) < 4.78 is 22.5. The third-order valence-corrected chi connectivity index (χ3v) is 7.81. The van der Waals surface area contributed by atoms with Crippen LogP contribution in [0.3, 0.4) is 0 Å². The van der Waals surface area contributed by atoms with Crippen LogP contribution >= 0.6 is 23.8 Å². The molecule has 0 fully saturated rings. The van der Waals surface area contributed by atoms with E-state index in [0.717, 1.165) is 0 Å². The Labute approximate surface area is 133 Å². The van der Waals surface area contributed by atoms with Crippen LogP contribution in [0, 0.1) is 20.0 Å². The SMILES string of the molecule is C[PH+](C)CC[PH+](C)CC[PH+](C)C.[C-]#[O+].[C-]#[O+].[C-]#[O+].[Cr]. The molecule has 0 heterocycles. The molecule has 0 aliphatic rings. The van der Waals surface area contributed by atoms with Crippen molar-refractivity contribution in [3.63, 3.8) is 0 Å². The molecule has 0 aliphatic carbocycles. The van der Waals surface area contributed by atoms with E-state index in [2.05, 4.69) is 53.3 Å². The predicted octanol–water partition coefficient (Wildman–Crippen LogP) is 2.66. The number of hydrogen-bond donors (Lipinski definition) is 0. The van der Waals surface area contributed by atoms with Gasteiger partial charge in [-0.05, 0) is 15.8 Å². The Bertz CT molecular complexity index is 180. The molecule has 0 saturated carbocycles. The van der Waals surface area contributed by atoms with Crippen molar-refractivity contribution < 1.29 is 31.3 Å². The summed E-state index contributed by atoms with van der Waals surface area (Å²) in [7, 11) is 0.203. The van der Waals surface area contributed by atoms with Crippen LogP contribution in [0.1, 0.15) is 0 Å². The van der Waals surface area contributed by atoms with Crippen molar-refractivity contribution in [1.82, 2.24) is 0 Å². The first-order valence-corrected chi connectivity index (χ1v) is 13.4. The van der Waals surface area contributed by atoms with Gasteiger partial charge in [0.15, 0.2) is 0 Å². The molecule has 0 rings (SSSR count). The maximum Gasteiger partial charge on any atom is 0 e. The fourth-order valence-corrected chi connectivity index (χ4v) is 8.72. The van der Waals surface area contributed by atoms with Gasteiger partial charge in [-0.15, -0.1) is 0 Å². The molecule has 0 N–H and O–H groups in total. The smallest absolute Gasteiger partial charge is 0 e. The summed E-state index contributed by atoms with van der Waals surface area (Å²) in [6.07, 6.45) is 6.29. The van der Waals surface area contributed by atoms with Crippen LogP contribution in [0.4, 0.5) is 0 Å². The second-order valence-corrected chi connectivity index (χ2v) is 13.1. The Morgan fingerprint density at radius 1 is 0.579 bits per heavy atom. The van der Waals surface area contributed by atoms with E-state index in [0.29, 0.717) is 0 Å². The van der Waals surface area contributed by atoms with Crippen LogP contribution < -0.4 is 0 Å². The van der Waals surface area contributed by atoms with Gasteiger partial charge in [0.2, 0.25) is 0 Å². The van der Waals surface area contributed by atoms with Crippen LogP contribution in [0.15, 0.2) is 0 Å². The van der Waals surface area contributed by atoms with Crippen LogP contribution in [0.2, 0.25) is 0 Å². The Kier molecular flexibility index (Phi) is 53.1. The molecule has 7 heteroatoms. The van der Waals surface area contributed by atoms with Gasteiger partial charge in [-0.25, -0.2) is 0 Å². The summed E-state index contributed by atoms with van der Waals surface area (Å²) in [5.41, 5.74) is 0. The predicted molar refractivity (Wildman–Crippen MR) is 85.8 cm³/mol. The number of hydrogen-bond acceptors (Lipinski definition) is 0. The van der Waals surface area contributed by atoms with Crippen molar-refractivity contribution >= 4 is 23.8 Å². The molecule has 0 bridgehead atoms. The van der Waals surface area contributed by atoms with Gasteiger partial charge in [-0.3, -0.25) is 0 Å². The third kappa shape index (κ3) is 45.4. The van der Waals surface area contributed by atoms with Gasteiger partial charge in [-0.2, -0.15) is 0 Å². The first kappa shape index (κ1) is 32.1. The van der Waals surface area contributed by atoms with Gasteiger partial charge >= 0.3 is 33.9 Å². The molecule has 0 aromatic carbocycles. The van der Waals surface area contributed by atoms with Gasteiger partial charge < -0.3 is 0 Å². The minimum Gasteiger partial charge on any atom is 0 e. The average Bonchev–Trinajstić information content (AvgIpc) is 2.41. The summed E-state index contributed by atoms with van der Waals surface area (Å²) in [6.45, 7) is 25.8. The molecule has 3 nitrogen and oxygen atoms in total. The van der Waals surface area contributed by atoms with Gasteiger partial charge in [0.05, 0.1) is 24.6 Å². The Hall–Kier alpha value is 1.04. The molecule has 0 aromatic heterocycles. The largest absolute Gasteiger partial charge is 0 e. The fraction of sp³-hybridized carbons (Fsp3) is 0.750. The van der Waals surface area contributed by atoms with Crippen LogP contribution in [0.25, 0.3) is 0 Å². The standard InChI is InChI=1S/C9H23P3.3CO.Cr/c1-10(2)6-8-12(5)9-7-11(3)4;3*1-2;/h6-9H2,1-5H3;;;;/p+3. The van der Waals surface area contributed by atoms with Crippen molar-refractivity contribution in [2.75, 3.05) is 58.0 Å². The summed E-state index contributed by atoms with van der Waals surface area (Å²) in [5.74, 6) is 0. The van der Waals surface area contributed by atoms with Crippen molar-refractivity contribution in [3.8, 4) is 0 Å². The zero-order chi connectivity index (χ0) is 15.6. The third-order valence-electron chi connectivity index (χ3n) is 2.10. The topological polar surface area (TPSA) is 59.7 Å².